The normalized spacial score (nSPS) is 11.0. The summed E-state index contributed by atoms with van der Waals surface area (Å²) in [6.45, 7) is 1.84. The molecular weight excluding hydrogens is 323 g/mol. The van der Waals surface area contributed by atoms with Crippen molar-refractivity contribution in [2.75, 3.05) is 5.32 Å². The molecule has 1 aromatic carbocycles. The highest BCUT2D eigenvalue weighted by Gasteiger charge is 2.16. The molecule has 0 aliphatic heterocycles. The Morgan fingerprint density at radius 2 is 2.00 bits per heavy atom. The van der Waals surface area contributed by atoms with Gasteiger partial charge in [0.05, 0.1) is 11.1 Å². The highest BCUT2D eigenvalue weighted by Crippen LogP contribution is 2.22. The van der Waals surface area contributed by atoms with Crippen molar-refractivity contribution in [3.05, 3.63) is 59.7 Å². The Hall–Kier alpha value is -3.55. The van der Waals surface area contributed by atoms with Gasteiger partial charge in [-0.05, 0) is 37.3 Å². The fourth-order valence-electron chi connectivity index (χ4n) is 2.51. The molecule has 0 radical (unpaired) electrons. The highest BCUT2D eigenvalue weighted by atomic mass is 19.1. The molecule has 8 heteroatoms. The van der Waals surface area contributed by atoms with Gasteiger partial charge in [0, 0.05) is 23.5 Å². The summed E-state index contributed by atoms with van der Waals surface area (Å²) in [5.74, 6) is 0.296. The van der Waals surface area contributed by atoms with E-state index in [1.54, 1.807) is 24.3 Å². The molecule has 0 aliphatic carbocycles. The highest BCUT2D eigenvalue weighted by molar-refractivity contribution is 6.10. The minimum Gasteiger partial charge on any atom is -0.336 e. The number of pyridine rings is 1. The van der Waals surface area contributed by atoms with Gasteiger partial charge in [0.1, 0.15) is 11.6 Å². The number of rotatable bonds is 3. The van der Waals surface area contributed by atoms with E-state index in [0.717, 1.165) is 5.69 Å². The maximum absolute atomic E-state index is 13.1. The Bertz CT molecular complexity index is 1070. The van der Waals surface area contributed by atoms with E-state index in [4.69, 9.17) is 0 Å². The molecule has 0 aliphatic rings. The van der Waals surface area contributed by atoms with E-state index in [9.17, 15) is 9.18 Å². The molecule has 7 nitrogen and oxygen atoms in total. The second-order valence-electron chi connectivity index (χ2n) is 5.54. The van der Waals surface area contributed by atoms with Crippen molar-refractivity contribution < 1.29 is 9.18 Å². The van der Waals surface area contributed by atoms with Crippen LogP contribution in [0.25, 0.3) is 22.6 Å². The van der Waals surface area contributed by atoms with Crippen LogP contribution < -0.4 is 5.32 Å². The maximum atomic E-state index is 13.1. The number of imidazole rings is 1. The molecule has 0 saturated carbocycles. The number of fused-ring (bicyclic) bond motifs is 1. The molecule has 0 atom stereocenters. The summed E-state index contributed by atoms with van der Waals surface area (Å²) in [6, 6.07) is 9.25. The second kappa shape index (κ2) is 5.82. The van der Waals surface area contributed by atoms with Crippen molar-refractivity contribution in [1.29, 1.82) is 0 Å². The molecule has 0 unspecified atom stereocenters. The number of amides is 1. The van der Waals surface area contributed by atoms with Crippen LogP contribution >= 0.6 is 0 Å². The van der Waals surface area contributed by atoms with Gasteiger partial charge in [-0.25, -0.2) is 14.4 Å². The number of aromatic nitrogens is 5. The molecule has 0 fully saturated rings. The Balaban J connectivity index is 1.72. The zero-order valence-electron chi connectivity index (χ0n) is 13.2. The number of aryl methyl sites for hydroxylation is 1. The predicted octanol–water partition coefficient (Wildman–Crippen LogP) is 3.05. The largest absolute Gasteiger partial charge is 0.336 e. The molecule has 4 rings (SSSR count). The molecular formula is C17H13FN6O. The lowest BCUT2D eigenvalue weighted by Gasteiger charge is -2.02. The lowest BCUT2D eigenvalue weighted by atomic mass is 10.2. The van der Waals surface area contributed by atoms with Gasteiger partial charge in [-0.3, -0.25) is 9.89 Å². The molecule has 3 aromatic heterocycles. The smallest absolute Gasteiger partial charge is 0.259 e. The summed E-state index contributed by atoms with van der Waals surface area (Å²) in [7, 11) is 0. The molecule has 124 valence electrons. The third kappa shape index (κ3) is 2.85. The quantitative estimate of drug-likeness (QED) is 0.535. The van der Waals surface area contributed by atoms with Crippen LogP contribution in [0.15, 0.2) is 42.6 Å². The van der Waals surface area contributed by atoms with Crippen LogP contribution in [0, 0.1) is 12.7 Å². The van der Waals surface area contributed by atoms with E-state index in [1.165, 1.54) is 18.3 Å². The molecule has 0 saturated heterocycles. The first kappa shape index (κ1) is 15.0. The average Bonchev–Trinajstić information content (AvgIpc) is 3.21. The van der Waals surface area contributed by atoms with Gasteiger partial charge in [-0.1, -0.05) is 0 Å². The fourth-order valence-corrected chi connectivity index (χ4v) is 2.51. The van der Waals surface area contributed by atoms with Crippen molar-refractivity contribution in [2.24, 2.45) is 0 Å². The van der Waals surface area contributed by atoms with Crippen LogP contribution in [0.2, 0.25) is 0 Å². The topological polar surface area (TPSA) is 99.3 Å². The van der Waals surface area contributed by atoms with Gasteiger partial charge in [-0.2, -0.15) is 5.10 Å². The first-order valence-corrected chi connectivity index (χ1v) is 7.54. The van der Waals surface area contributed by atoms with Crippen molar-refractivity contribution in [1.82, 2.24) is 25.1 Å². The standard InChI is InChI=1S/C17H13FN6O/c1-9-8-13(24-23-9)20-17(25)12-6-7-19-16-14(12)21-15(22-16)10-2-4-11(18)5-3-10/h2-8H,1H3,(H,19,21,22)(H2,20,23,24,25). The fraction of sp³-hybridized carbons (Fsp3) is 0.0588. The summed E-state index contributed by atoms with van der Waals surface area (Å²) < 4.78 is 13.1. The minimum atomic E-state index is -0.327. The van der Waals surface area contributed by atoms with Crippen LogP contribution in [0.4, 0.5) is 10.2 Å². The number of halogens is 1. The van der Waals surface area contributed by atoms with Crippen molar-refractivity contribution in [3.63, 3.8) is 0 Å². The third-order valence-corrected chi connectivity index (χ3v) is 3.70. The SMILES string of the molecule is Cc1cc(NC(=O)c2ccnc3nc(-c4ccc(F)cc4)[nH]c23)n[nH]1. The van der Waals surface area contributed by atoms with Gasteiger partial charge >= 0.3 is 0 Å². The summed E-state index contributed by atoms with van der Waals surface area (Å²) in [6.07, 6.45) is 1.52. The van der Waals surface area contributed by atoms with Crippen LogP contribution in [-0.4, -0.2) is 31.1 Å². The first-order chi connectivity index (χ1) is 12.1. The molecule has 3 heterocycles. The number of nitrogens with zero attached hydrogens (tertiary/aromatic N) is 3. The number of carbonyl (C=O) groups is 1. The lowest BCUT2D eigenvalue weighted by Crippen LogP contribution is -2.13. The van der Waals surface area contributed by atoms with Crippen LogP contribution in [0.1, 0.15) is 16.1 Å². The summed E-state index contributed by atoms with van der Waals surface area (Å²) in [4.78, 5) is 24.2. The van der Waals surface area contributed by atoms with Gasteiger partial charge in [0.25, 0.3) is 5.91 Å². The number of hydrogen-bond donors (Lipinski definition) is 3. The second-order valence-corrected chi connectivity index (χ2v) is 5.54. The van der Waals surface area contributed by atoms with Crippen LogP contribution in [0.5, 0.6) is 0 Å². The van der Waals surface area contributed by atoms with Crippen molar-refractivity contribution in [3.8, 4) is 11.4 Å². The summed E-state index contributed by atoms with van der Waals surface area (Å²) in [5, 5.41) is 9.47. The van der Waals surface area contributed by atoms with Crippen molar-refractivity contribution in [2.45, 2.75) is 6.92 Å². The zero-order valence-corrected chi connectivity index (χ0v) is 13.2. The Morgan fingerprint density at radius 3 is 2.72 bits per heavy atom. The number of hydrogen-bond acceptors (Lipinski definition) is 4. The maximum Gasteiger partial charge on any atom is 0.259 e. The van der Waals surface area contributed by atoms with Gasteiger partial charge in [0.15, 0.2) is 11.5 Å². The predicted molar refractivity (Wildman–Crippen MR) is 90.6 cm³/mol. The Morgan fingerprint density at radius 1 is 1.20 bits per heavy atom. The van der Waals surface area contributed by atoms with E-state index in [2.05, 4.69) is 30.5 Å². The number of anilines is 1. The number of H-pyrrole nitrogens is 2. The molecule has 0 spiro atoms. The average molecular weight is 336 g/mol. The summed E-state index contributed by atoms with van der Waals surface area (Å²) in [5.41, 5.74) is 2.85. The number of nitrogens with one attached hydrogen (secondary N) is 3. The molecule has 1 amide bonds. The molecule has 4 aromatic rings. The van der Waals surface area contributed by atoms with E-state index < -0.39 is 0 Å². The van der Waals surface area contributed by atoms with Gasteiger partial charge in [0.2, 0.25) is 0 Å². The van der Waals surface area contributed by atoms with Crippen LogP contribution in [0.3, 0.4) is 0 Å². The number of benzene rings is 1. The molecule has 3 N–H and O–H groups in total. The zero-order chi connectivity index (χ0) is 17.4. The van der Waals surface area contributed by atoms with Gasteiger partial charge < -0.3 is 10.3 Å². The third-order valence-electron chi connectivity index (χ3n) is 3.70. The number of aromatic amines is 2. The van der Waals surface area contributed by atoms with Crippen molar-refractivity contribution >= 4 is 22.9 Å². The minimum absolute atomic E-state index is 0.326. The molecule has 25 heavy (non-hydrogen) atoms. The number of carbonyl (C=O) groups excluding carboxylic acids is 1. The summed E-state index contributed by atoms with van der Waals surface area (Å²) >= 11 is 0. The van der Waals surface area contributed by atoms with E-state index in [1.807, 2.05) is 6.92 Å². The Kier molecular flexibility index (Phi) is 3.50. The van der Waals surface area contributed by atoms with E-state index in [-0.39, 0.29) is 11.7 Å². The first-order valence-electron chi connectivity index (χ1n) is 7.54. The molecule has 0 bridgehead atoms. The monoisotopic (exact) mass is 336 g/mol. The lowest BCUT2D eigenvalue weighted by molar-refractivity contribution is 0.102. The van der Waals surface area contributed by atoms with E-state index >= 15 is 0 Å². The van der Waals surface area contributed by atoms with E-state index in [0.29, 0.717) is 33.9 Å². The Labute approximate surface area is 141 Å². The van der Waals surface area contributed by atoms with Gasteiger partial charge in [-0.15, -0.1) is 0 Å². The van der Waals surface area contributed by atoms with Crippen LogP contribution in [-0.2, 0) is 0 Å².